The molecule has 30 heavy (non-hydrogen) atoms. The van der Waals surface area contributed by atoms with Gasteiger partial charge in [-0.25, -0.2) is 4.79 Å². The standard InChI is InChI=1S/C22H20Cl2N2O4/c23-13-5-7-17(24)16(9-13)21-8-6-14(30-21)10-25-19-11-29-12-20(19)26-18-4-2-1-3-15(18)22(27)28/h1-9,19-20,25-26H,10-12H2,(H,27,28)/t19-,20-/m0/s1. The van der Waals surface area contributed by atoms with Crippen molar-refractivity contribution in [2.24, 2.45) is 0 Å². The topological polar surface area (TPSA) is 83.7 Å². The summed E-state index contributed by atoms with van der Waals surface area (Å²) in [7, 11) is 0. The summed E-state index contributed by atoms with van der Waals surface area (Å²) < 4.78 is 11.5. The Hall–Kier alpha value is -2.51. The number of para-hydroxylation sites is 1. The fourth-order valence-electron chi connectivity index (χ4n) is 3.43. The SMILES string of the molecule is O=C(O)c1ccccc1N[C@H]1COC[C@@H]1NCc1ccc(-c2cc(Cl)ccc2Cl)o1. The lowest BCUT2D eigenvalue weighted by Gasteiger charge is -2.22. The number of halogens is 2. The van der Waals surface area contributed by atoms with Crippen molar-refractivity contribution in [2.45, 2.75) is 18.6 Å². The van der Waals surface area contributed by atoms with Gasteiger partial charge < -0.3 is 24.9 Å². The number of carboxylic acid groups (broad SMARTS) is 1. The minimum Gasteiger partial charge on any atom is -0.478 e. The number of carboxylic acids is 1. The highest BCUT2D eigenvalue weighted by molar-refractivity contribution is 6.35. The van der Waals surface area contributed by atoms with Crippen LogP contribution in [0.4, 0.5) is 5.69 Å². The van der Waals surface area contributed by atoms with Gasteiger partial charge in [0.15, 0.2) is 0 Å². The Balaban J connectivity index is 1.41. The van der Waals surface area contributed by atoms with E-state index in [1.165, 1.54) is 0 Å². The summed E-state index contributed by atoms with van der Waals surface area (Å²) in [5.74, 6) is 0.425. The van der Waals surface area contributed by atoms with Gasteiger partial charge in [-0.3, -0.25) is 0 Å². The van der Waals surface area contributed by atoms with Crippen molar-refractivity contribution in [1.29, 1.82) is 0 Å². The number of carbonyl (C=O) groups is 1. The summed E-state index contributed by atoms with van der Waals surface area (Å²) in [6.07, 6.45) is 0. The molecule has 0 radical (unpaired) electrons. The number of nitrogens with one attached hydrogen (secondary N) is 2. The maximum Gasteiger partial charge on any atom is 0.337 e. The zero-order valence-corrected chi connectivity index (χ0v) is 17.4. The van der Waals surface area contributed by atoms with Crippen molar-refractivity contribution in [2.75, 3.05) is 18.5 Å². The molecule has 2 heterocycles. The van der Waals surface area contributed by atoms with Crippen LogP contribution in [0.5, 0.6) is 0 Å². The summed E-state index contributed by atoms with van der Waals surface area (Å²) in [5.41, 5.74) is 1.55. The smallest absolute Gasteiger partial charge is 0.337 e. The van der Waals surface area contributed by atoms with E-state index in [1.807, 2.05) is 12.1 Å². The Bertz CT molecular complexity index is 1050. The molecule has 8 heteroatoms. The number of hydrogen-bond donors (Lipinski definition) is 3. The van der Waals surface area contributed by atoms with Crippen molar-refractivity contribution in [3.8, 4) is 11.3 Å². The van der Waals surface area contributed by atoms with Gasteiger partial charge in [0.2, 0.25) is 0 Å². The molecule has 0 saturated carbocycles. The largest absolute Gasteiger partial charge is 0.478 e. The van der Waals surface area contributed by atoms with Gasteiger partial charge in [-0.05, 0) is 42.5 Å². The van der Waals surface area contributed by atoms with E-state index in [0.29, 0.717) is 41.3 Å². The monoisotopic (exact) mass is 446 g/mol. The molecule has 4 rings (SSSR count). The van der Waals surface area contributed by atoms with Crippen LogP contribution in [-0.4, -0.2) is 36.4 Å². The Morgan fingerprint density at radius 3 is 2.70 bits per heavy atom. The minimum absolute atomic E-state index is 0.00448. The molecule has 0 spiro atoms. The highest BCUT2D eigenvalue weighted by Gasteiger charge is 2.29. The number of furan rings is 1. The lowest BCUT2D eigenvalue weighted by Crippen LogP contribution is -2.43. The molecule has 0 unspecified atom stereocenters. The predicted octanol–water partition coefficient (Wildman–Crippen LogP) is 4.92. The van der Waals surface area contributed by atoms with Crippen LogP contribution in [0, 0.1) is 0 Å². The van der Waals surface area contributed by atoms with Gasteiger partial charge in [-0.15, -0.1) is 0 Å². The van der Waals surface area contributed by atoms with Crippen LogP contribution in [0.3, 0.4) is 0 Å². The zero-order valence-electron chi connectivity index (χ0n) is 15.9. The second-order valence-corrected chi connectivity index (χ2v) is 7.86. The average molecular weight is 447 g/mol. The molecule has 0 amide bonds. The lowest BCUT2D eigenvalue weighted by molar-refractivity contribution is 0.0698. The first-order valence-electron chi connectivity index (χ1n) is 9.45. The third-order valence-electron chi connectivity index (χ3n) is 4.97. The summed E-state index contributed by atoms with van der Waals surface area (Å²) >= 11 is 12.3. The minimum atomic E-state index is -0.968. The number of benzene rings is 2. The number of anilines is 1. The van der Waals surface area contributed by atoms with Crippen LogP contribution in [-0.2, 0) is 11.3 Å². The summed E-state index contributed by atoms with van der Waals surface area (Å²) in [4.78, 5) is 11.4. The molecular formula is C22H20Cl2N2O4. The van der Waals surface area contributed by atoms with Gasteiger partial charge in [-0.1, -0.05) is 35.3 Å². The first-order chi connectivity index (χ1) is 14.5. The molecule has 1 saturated heterocycles. The first-order valence-corrected chi connectivity index (χ1v) is 10.2. The molecule has 0 aliphatic carbocycles. The third kappa shape index (κ3) is 4.63. The Labute approximate surface area is 183 Å². The number of rotatable bonds is 7. The van der Waals surface area contributed by atoms with Crippen LogP contribution in [0.15, 0.2) is 59.0 Å². The first kappa shape index (κ1) is 20.8. The molecule has 1 aliphatic rings. The fourth-order valence-corrected chi connectivity index (χ4v) is 3.81. The van der Waals surface area contributed by atoms with Crippen LogP contribution in [0.25, 0.3) is 11.3 Å². The van der Waals surface area contributed by atoms with Crippen molar-refractivity contribution in [3.63, 3.8) is 0 Å². The third-order valence-corrected chi connectivity index (χ3v) is 5.54. The molecule has 1 aliphatic heterocycles. The average Bonchev–Trinajstić information content (AvgIpc) is 3.38. The molecule has 2 aromatic carbocycles. The van der Waals surface area contributed by atoms with E-state index in [-0.39, 0.29) is 17.6 Å². The molecule has 2 atom stereocenters. The fraction of sp³-hybridized carbons (Fsp3) is 0.227. The van der Waals surface area contributed by atoms with Crippen LogP contribution >= 0.6 is 23.2 Å². The molecule has 156 valence electrons. The molecule has 3 aromatic rings. The molecule has 1 fully saturated rings. The van der Waals surface area contributed by atoms with Gasteiger partial charge in [-0.2, -0.15) is 0 Å². The lowest BCUT2D eigenvalue weighted by atomic mass is 10.1. The van der Waals surface area contributed by atoms with Crippen molar-refractivity contribution >= 4 is 34.9 Å². The molecule has 0 bridgehead atoms. The molecule has 1 aromatic heterocycles. The van der Waals surface area contributed by atoms with E-state index in [9.17, 15) is 9.90 Å². The van der Waals surface area contributed by atoms with Gasteiger partial charge in [0.1, 0.15) is 11.5 Å². The number of aromatic carboxylic acids is 1. The van der Waals surface area contributed by atoms with Crippen molar-refractivity contribution in [1.82, 2.24) is 5.32 Å². The highest BCUT2D eigenvalue weighted by atomic mass is 35.5. The van der Waals surface area contributed by atoms with Crippen LogP contribution in [0.1, 0.15) is 16.1 Å². The summed E-state index contributed by atoms with van der Waals surface area (Å²) in [5, 5.41) is 17.2. The number of hydrogen-bond acceptors (Lipinski definition) is 5. The van der Waals surface area contributed by atoms with E-state index < -0.39 is 5.97 Å². The van der Waals surface area contributed by atoms with E-state index in [0.717, 1.165) is 11.3 Å². The maximum atomic E-state index is 11.4. The van der Waals surface area contributed by atoms with E-state index >= 15 is 0 Å². The molecular weight excluding hydrogens is 427 g/mol. The van der Waals surface area contributed by atoms with E-state index in [1.54, 1.807) is 42.5 Å². The van der Waals surface area contributed by atoms with Gasteiger partial charge in [0.25, 0.3) is 0 Å². The second-order valence-electron chi connectivity index (χ2n) is 7.02. The normalized spacial score (nSPS) is 18.5. The summed E-state index contributed by atoms with van der Waals surface area (Å²) in [6.45, 7) is 1.48. The quantitative estimate of drug-likeness (QED) is 0.477. The Morgan fingerprint density at radius 2 is 1.87 bits per heavy atom. The van der Waals surface area contributed by atoms with Crippen molar-refractivity contribution in [3.05, 3.63) is 76.0 Å². The molecule has 3 N–H and O–H groups in total. The van der Waals surface area contributed by atoms with Gasteiger partial charge in [0, 0.05) is 16.3 Å². The van der Waals surface area contributed by atoms with Gasteiger partial charge in [0.05, 0.1) is 42.4 Å². The highest BCUT2D eigenvalue weighted by Crippen LogP contribution is 2.32. The second kappa shape index (κ2) is 9.10. The summed E-state index contributed by atoms with van der Waals surface area (Å²) in [6, 6.07) is 15.8. The zero-order chi connectivity index (χ0) is 21.1. The van der Waals surface area contributed by atoms with Crippen LogP contribution in [0.2, 0.25) is 10.0 Å². The Morgan fingerprint density at radius 1 is 1.07 bits per heavy atom. The number of ether oxygens (including phenoxy) is 1. The van der Waals surface area contributed by atoms with E-state index in [4.69, 9.17) is 32.4 Å². The van der Waals surface area contributed by atoms with Gasteiger partial charge >= 0.3 is 5.97 Å². The Kier molecular flexibility index (Phi) is 6.29. The maximum absolute atomic E-state index is 11.4. The molecule has 6 nitrogen and oxygen atoms in total. The van der Waals surface area contributed by atoms with E-state index in [2.05, 4.69) is 10.6 Å². The van der Waals surface area contributed by atoms with Crippen molar-refractivity contribution < 1.29 is 19.1 Å². The van der Waals surface area contributed by atoms with Crippen LogP contribution < -0.4 is 10.6 Å². The predicted molar refractivity (Wildman–Crippen MR) is 116 cm³/mol.